The summed E-state index contributed by atoms with van der Waals surface area (Å²) in [4.78, 5) is 46.8. The van der Waals surface area contributed by atoms with Crippen LogP contribution < -0.4 is 10.2 Å². The van der Waals surface area contributed by atoms with E-state index < -0.39 is 23.4 Å². The molecule has 1 amide bonds. The summed E-state index contributed by atoms with van der Waals surface area (Å²) in [6.45, 7) is 4.23. The number of nitrogens with one attached hydrogen (secondary N) is 1. The summed E-state index contributed by atoms with van der Waals surface area (Å²) >= 11 is 1.37. The molecule has 3 aliphatic heterocycles. The monoisotopic (exact) mass is 586 g/mol. The highest BCUT2D eigenvalue weighted by Gasteiger charge is 2.70. The van der Waals surface area contributed by atoms with E-state index >= 15 is 0 Å². The van der Waals surface area contributed by atoms with Gasteiger partial charge in [0, 0.05) is 22.5 Å². The first-order chi connectivity index (χ1) is 21.0. The van der Waals surface area contributed by atoms with Crippen molar-refractivity contribution < 1.29 is 14.4 Å². The molecule has 0 radical (unpaired) electrons. The summed E-state index contributed by atoms with van der Waals surface area (Å²) in [7, 11) is 0. The predicted octanol–water partition coefficient (Wildman–Crippen LogP) is 7.73. The molecule has 216 valence electrons. The number of amides is 1. The van der Waals surface area contributed by atoms with Crippen molar-refractivity contribution in [3.8, 4) is 0 Å². The highest BCUT2D eigenvalue weighted by atomic mass is 32.1. The van der Waals surface area contributed by atoms with Gasteiger partial charge in [0.05, 0.1) is 16.8 Å². The van der Waals surface area contributed by atoms with Crippen LogP contribution in [0, 0.1) is 5.92 Å². The number of hydrogen-bond acceptors (Lipinski definition) is 5. The van der Waals surface area contributed by atoms with Crippen molar-refractivity contribution in [2.75, 3.05) is 10.2 Å². The van der Waals surface area contributed by atoms with E-state index in [1.807, 2.05) is 97.2 Å². The lowest BCUT2D eigenvalue weighted by molar-refractivity contribution is -0.121. The van der Waals surface area contributed by atoms with Crippen molar-refractivity contribution >= 4 is 45.8 Å². The van der Waals surface area contributed by atoms with Crippen LogP contribution in [0.25, 0.3) is 5.57 Å². The molecule has 4 atom stereocenters. The molecule has 0 aliphatic carbocycles. The highest BCUT2D eigenvalue weighted by molar-refractivity contribution is 7.12. The van der Waals surface area contributed by atoms with Gasteiger partial charge < -0.3 is 10.2 Å². The second kappa shape index (κ2) is 10.8. The Morgan fingerprint density at radius 3 is 2.44 bits per heavy atom. The smallest absolute Gasteiger partial charge is 0.238 e. The number of carbonyl (C=O) groups is 3. The van der Waals surface area contributed by atoms with Gasteiger partial charge in [0.15, 0.2) is 11.6 Å². The van der Waals surface area contributed by atoms with Gasteiger partial charge in [-0.15, -0.1) is 11.3 Å². The Balaban J connectivity index is 1.45. The standard InChI is InChI=1S/C37H34N2O3S/c1-3-4-5-11-24-17-19-25(20-18-24)34(40)32-33(35(41)30-16-10-21-43-30)39-29-15-9-6-12-26(29)23(2)22-31(39)37(32)27-13-7-8-14-28(27)38-36(37)42/h6-10,12-22,31-33H,3-5,11H2,1-2H3,(H,38,42)/t31-,32-,33+,37-/m0/s1. The third-order valence-corrected chi connectivity index (χ3v) is 10.4. The van der Waals surface area contributed by atoms with Gasteiger partial charge in [-0.05, 0) is 60.0 Å². The summed E-state index contributed by atoms with van der Waals surface area (Å²) in [5.74, 6) is -1.49. The number of hydrogen-bond donors (Lipinski definition) is 1. The number of carbonyl (C=O) groups excluding carboxylic acids is 3. The van der Waals surface area contributed by atoms with Crippen LogP contribution in [0.5, 0.6) is 0 Å². The molecule has 43 heavy (non-hydrogen) atoms. The molecule has 1 fully saturated rings. The minimum atomic E-state index is -1.29. The molecule has 5 nitrogen and oxygen atoms in total. The van der Waals surface area contributed by atoms with Gasteiger partial charge >= 0.3 is 0 Å². The maximum Gasteiger partial charge on any atom is 0.238 e. The van der Waals surface area contributed by atoms with Crippen molar-refractivity contribution in [2.45, 2.75) is 57.0 Å². The Hall–Kier alpha value is -4.29. The topological polar surface area (TPSA) is 66.5 Å². The molecule has 0 saturated carbocycles. The number of benzene rings is 3. The maximum absolute atomic E-state index is 15.0. The average Bonchev–Trinajstić information content (AvgIpc) is 3.74. The number of allylic oxidation sites excluding steroid dienone is 1. The van der Waals surface area contributed by atoms with E-state index in [1.54, 1.807) is 0 Å². The summed E-state index contributed by atoms with van der Waals surface area (Å²) in [5, 5.41) is 5.00. The molecule has 1 saturated heterocycles. The van der Waals surface area contributed by atoms with Crippen molar-refractivity contribution in [1.29, 1.82) is 0 Å². The molecule has 0 bridgehead atoms. The number of thiophene rings is 1. The normalized spacial score (nSPS) is 23.4. The Bertz CT molecular complexity index is 1760. The van der Waals surface area contributed by atoms with E-state index in [-0.39, 0.29) is 17.5 Å². The van der Waals surface area contributed by atoms with Crippen LogP contribution >= 0.6 is 11.3 Å². The molecule has 7 rings (SSSR count). The van der Waals surface area contributed by atoms with Gasteiger partial charge in [-0.25, -0.2) is 0 Å². The molecule has 3 aliphatic rings. The molecule has 1 N–H and O–H groups in total. The van der Waals surface area contributed by atoms with E-state index in [1.165, 1.54) is 16.9 Å². The Kier molecular flexibility index (Phi) is 6.89. The number of ketones is 2. The molecular formula is C37H34N2O3S. The third kappa shape index (κ3) is 4.14. The van der Waals surface area contributed by atoms with Crippen LogP contribution in [0.15, 0.2) is 96.4 Å². The Labute approximate surface area is 256 Å². The quantitative estimate of drug-likeness (QED) is 0.170. The SMILES string of the molecule is CCCCCc1ccc(C(=O)[C@@H]2[C@H](C(=O)c3cccs3)N3c4ccccc4C(C)=C[C@H]3[C@]23C(=O)Nc2ccccc23)cc1. The van der Waals surface area contributed by atoms with E-state index in [0.29, 0.717) is 16.1 Å². The minimum Gasteiger partial charge on any atom is -0.352 e. The molecular weight excluding hydrogens is 552 g/mol. The second-order valence-electron chi connectivity index (χ2n) is 11.9. The highest BCUT2D eigenvalue weighted by Crippen LogP contribution is 2.58. The molecule has 4 heterocycles. The number of para-hydroxylation sites is 2. The van der Waals surface area contributed by atoms with Crippen LogP contribution in [0.4, 0.5) is 11.4 Å². The van der Waals surface area contributed by atoms with E-state index in [9.17, 15) is 14.4 Å². The van der Waals surface area contributed by atoms with E-state index in [4.69, 9.17) is 0 Å². The molecule has 6 heteroatoms. The number of rotatable bonds is 8. The molecule has 1 aromatic heterocycles. The number of aryl methyl sites for hydroxylation is 1. The first-order valence-corrected chi connectivity index (χ1v) is 16.0. The fourth-order valence-corrected chi connectivity index (χ4v) is 8.24. The lowest BCUT2D eigenvalue weighted by Crippen LogP contribution is -2.51. The summed E-state index contributed by atoms with van der Waals surface area (Å²) in [6, 6.07) is 25.8. The number of unbranched alkanes of at least 4 members (excludes halogenated alkanes) is 2. The van der Waals surface area contributed by atoms with Crippen LogP contribution in [0.2, 0.25) is 0 Å². The summed E-state index contributed by atoms with van der Waals surface area (Å²) < 4.78 is 0. The van der Waals surface area contributed by atoms with E-state index in [0.717, 1.165) is 48.1 Å². The molecule has 1 spiro atoms. The zero-order chi connectivity index (χ0) is 29.7. The largest absolute Gasteiger partial charge is 0.352 e. The Morgan fingerprint density at radius 2 is 1.67 bits per heavy atom. The van der Waals surface area contributed by atoms with Gasteiger partial charge in [0.25, 0.3) is 0 Å². The third-order valence-electron chi connectivity index (χ3n) is 9.51. The maximum atomic E-state index is 15.0. The summed E-state index contributed by atoms with van der Waals surface area (Å²) in [5.41, 5.74) is 4.81. The van der Waals surface area contributed by atoms with E-state index in [2.05, 4.69) is 23.2 Å². The van der Waals surface area contributed by atoms with Crippen LogP contribution in [0.3, 0.4) is 0 Å². The lowest BCUT2D eigenvalue weighted by Gasteiger charge is -2.39. The van der Waals surface area contributed by atoms with Crippen molar-refractivity contribution in [3.05, 3.63) is 124 Å². The van der Waals surface area contributed by atoms with Gasteiger partial charge in [-0.3, -0.25) is 14.4 Å². The number of anilines is 2. The lowest BCUT2D eigenvalue weighted by atomic mass is 9.64. The van der Waals surface area contributed by atoms with Crippen molar-refractivity contribution in [1.82, 2.24) is 0 Å². The number of nitrogens with zero attached hydrogens (tertiary/aromatic N) is 1. The van der Waals surface area contributed by atoms with Crippen molar-refractivity contribution in [2.24, 2.45) is 5.92 Å². The van der Waals surface area contributed by atoms with Crippen LogP contribution in [-0.4, -0.2) is 29.6 Å². The van der Waals surface area contributed by atoms with Gasteiger partial charge in [-0.2, -0.15) is 0 Å². The zero-order valence-corrected chi connectivity index (χ0v) is 25.2. The fraction of sp³-hybridized carbons (Fsp3) is 0.270. The summed E-state index contributed by atoms with van der Waals surface area (Å²) in [6.07, 6.45) is 6.48. The molecule has 4 aromatic rings. The van der Waals surface area contributed by atoms with Crippen LogP contribution in [0.1, 0.15) is 69.8 Å². The first kappa shape index (κ1) is 27.5. The number of fused-ring (bicyclic) bond motifs is 6. The van der Waals surface area contributed by atoms with Gasteiger partial charge in [0.1, 0.15) is 11.5 Å². The average molecular weight is 587 g/mol. The Morgan fingerprint density at radius 1 is 0.907 bits per heavy atom. The first-order valence-electron chi connectivity index (χ1n) is 15.1. The van der Waals surface area contributed by atoms with Gasteiger partial charge in [-0.1, -0.05) is 92.6 Å². The second-order valence-corrected chi connectivity index (χ2v) is 12.8. The minimum absolute atomic E-state index is 0.133. The predicted molar refractivity (Wildman–Crippen MR) is 173 cm³/mol. The van der Waals surface area contributed by atoms with Gasteiger partial charge in [0.2, 0.25) is 5.91 Å². The molecule has 0 unspecified atom stereocenters. The fourth-order valence-electron chi connectivity index (χ4n) is 7.55. The molecule has 3 aromatic carbocycles. The van der Waals surface area contributed by atoms with Crippen molar-refractivity contribution in [3.63, 3.8) is 0 Å². The van der Waals surface area contributed by atoms with Crippen LogP contribution in [-0.2, 0) is 16.6 Å². The zero-order valence-electron chi connectivity index (χ0n) is 24.4. The number of Topliss-reactive ketones (excluding diaryl/α,β-unsaturated/α-hetero) is 2.